The van der Waals surface area contributed by atoms with Gasteiger partial charge >= 0.3 is 6.03 Å². The molecule has 162 valence electrons. The van der Waals surface area contributed by atoms with E-state index in [-0.39, 0.29) is 11.7 Å². The smallest absolute Gasteiger partial charge is 0.335 e. The maximum absolute atomic E-state index is 13.1. The molecule has 4 amide bonds. The molecule has 0 radical (unpaired) electrons. The number of aryl methyl sites for hydroxylation is 1. The highest BCUT2D eigenvalue weighted by molar-refractivity contribution is 14.1. The number of urea groups is 1. The van der Waals surface area contributed by atoms with E-state index in [0.29, 0.717) is 22.7 Å². The Bertz CT molecular complexity index is 1080. The van der Waals surface area contributed by atoms with Crippen LogP contribution in [0.15, 0.2) is 42.0 Å². The van der Waals surface area contributed by atoms with Gasteiger partial charge in [-0.2, -0.15) is 0 Å². The average molecular weight is 534 g/mol. The third-order valence-electron chi connectivity index (χ3n) is 4.91. The summed E-state index contributed by atoms with van der Waals surface area (Å²) in [7, 11) is 1.53. The summed E-state index contributed by atoms with van der Waals surface area (Å²) in [5.41, 5.74) is 1.60. The number of nitrogens with one attached hydrogen (secondary N) is 1. The Balaban J connectivity index is 2.03. The summed E-state index contributed by atoms with van der Waals surface area (Å²) in [6.45, 7) is 5.78. The molecule has 0 aromatic heterocycles. The largest absolute Gasteiger partial charge is 0.493 e. The summed E-state index contributed by atoms with van der Waals surface area (Å²) in [4.78, 5) is 39.0. The number of hydrogen-bond donors (Lipinski definition) is 1. The minimum atomic E-state index is -0.772. The molecule has 1 unspecified atom stereocenters. The second-order valence-electron chi connectivity index (χ2n) is 7.12. The number of anilines is 1. The molecular formula is C23H23IN2O5. The Morgan fingerprint density at radius 1 is 1.19 bits per heavy atom. The molecule has 0 spiro atoms. The second kappa shape index (κ2) is 9.51. The summed E-state index contributed by atoms with van der Waals surface area (Å²) >= 11 is 2.13. The summed E-state index contributed by atoms with van der Waals surface area (Å²) in [5, 5.41) is 2.25. The molecule has 2 aromatic rings. The highest BCUT2D eigenvalue weighted by Crippen LogP contribution is 2.36. The molecule has 1 saturated heterocycles. The number of benzene rings is 2. The van der Waals surface area contributed by atoms with E-state index in [0.717, 1.165) is 20.5 Å². The van der Waals surface area contributed by atoms with Crippen LogP contribution in [0.3, 0.4) is 0 Å². The first-order valence-corrected chi connectivity index (χ1v) is 10.9. The number of para-hydroxylation sites is 1. The highest BCUT2D eigenvalue weighted by Gasteiger charge is 2.37. The Morgan fingerprint density at radius 2 is 1.90 bits per heavy atom. The SMILES string of the molecule is CCC(C)Oc1c(I)cc(/C=C2\C(=O)NC(=O)N(c3ccccc3C)C2=O)cc1OC. The van der Waals surface area contributed by atoms with Gasteiger partial charge in [0.05, 0.1) is 22.5 Å². The molecule has 1 heterocycles. The lowest BCUT2D eigenvalue weighted by Crippen LogP contribution is -2.54. The van der Waals surface area contributed by atoms with Gasteiger partial charge < -0.3 is 9.47 Å². The van der Waals surface area contributed by atoms with E-state index in [1.807, 2.05) is 19.9 Å². The highest BCUT2D eigenvalue weighted by atomic mass is 127. The molecule has 7 nitrogen and oxygen atoms in total. The third kappa shape index (κ3) is 4.73. The predicted molar refractivity (Wildman–Crippen MR) is 126 cm³/mol. The van der Waals surface area contributed by atoms with Crippen LogP contribution in [0.2, 0.25) is 0 Å². The standard InChI is InChI=1S/C23H23IN2O5/c1-5-14(3)31-20-17(24)11-15(12-19(20)30-4)10-16-21(27)25-23(29)26(22(16)28)18-9-7-6-8-13(18)2/h6-12,14H,5H2,1-4H3,(H,25,27,29)/b16-10+. The Labute approximate surface area is 194 Å². The van der Waals surface area contributed by atoms with Gasteiger partial charge in [-0.3, -0.25) is 14.9 Å². The lowest BCUT2D eigenvalue weighted by atomic mass is 10.1. The van der Waals surface area contributed by atoms with Crippen molar-refractivity contribution in [2.24, 2.45) is 0 Å². The number of barbiturate groups is 1. The first-order valence-electron chi connectivity index (χ1n) is 9.78. The number of halogens is 1. The fourth-order valence-electron chi connectivity index (χ4n) is 3.08. The first-order chi connectivity index (χ1) is 14.8. The van der Waals surface area contributed by atoms with Crippen molar-refractivity contribution < 1.29 is 23.9 Å². The molecule has 3 rings (SSSR count). The maximum atomic E-state index is 13.1. The number of methoxy groups -OCH3 is 1. The van der Waals surface area contributed by atoms with Gasteiger partial charge in [-0.25, -0.2) is 9.69 Å². The van der Waals surface area contributed by atoms with Crippen LogP contribution in [0.25, 0.3) is 6.08 Å². The predicted octanol–water partition coefficient (Wildman–Crippen LogP) is 4.45. The van der Waals surface area contributed by atoms with Gasteiger partial charge in [-0.1, -0.05) is 25.1 Å². The summed E-state index contributed by atoms with van der Waals surface area (Å²) in [5.74, 6) is -0.323. The quantitative estimate of drug-likeness (QED) is 0.337. The first kappa shape index (κ1) is 22.8. The van der Waals surface area contributed by atoms with Crippen molar-refractivity contribution in [3.05, 3.63) is 56.7 Å². The number of carbonyl (C=O) groups is 3. The number of carbonyl (C=O) groups excluding carboxylic acids is 3. The van der Waals surface area contributed by atoms with E-state index in [1.54, 1.807) is 37.3 Å². The molecule has 0 bridgehead atoms. The number of rotatable bonds is 6. The molecule has 31 heavy (non-hydrogen) atoms. The van der Waals surface area contributed by atoms with Crippen LogP contribution < -0.4 is 19.7 Å². The topological polar surface area (TPSA) is 84.9 Å². The minimum absolute atomic E-state index is 0.00556. The molecule has 8 heteroatoms. The number of hydrogen-bond acceptors (Lipinski definition) is 5. The van der Waals surface area contributed by atoms with Crippen LogP contribution in [0.5, 0.6) is 11.5 Å². The van der Waals surface area contributed by atoms with E-state index in [9.17, 15) is 14.4 Å². The van der Waals surface area contributed by atoms with Crippen molar-refractivity contribution in [2.45, 2.75) is 33.3 Å². The molecule has 1 fully saturated rings. The Hall–Kier alpha value is -2.88. The Morgan fingerprint density at radius 3 is 2.55 bits per heavy atom. The number of nitrogens with zero attached hydrogens (tertiary/aromatic N) is 1. The van der Waals surface area contributed by atoms with Crippen molar-refractivity contribution >= 4 is 52.2 Å². The van der Waals surface area contributed by atoms with Gasteiger partial charge in [0.15, 0.2) is 11.5 Å². The van der Waals surface area contributed by atoms with Gasteiger partial charge in [-0.15, -0.1) is 0 Å². The zero-order chi connectivity index (χ0) is 22.7. The van der Waals surface area contributed by atoms with E-state index in [2.05, 4.69) is 27.9 Å². The molecule has 1 N–H and O–H groups in total. The fourth-order valence-corrected chi connectivity index (χ4v) is 3.83. The second-order valence-corrected chi connectivity index (χ2v) is 8.28. The normalized spacial score (nSPS) is 16.4. The molecule has 1 aliphatic heterocycles. The van der Waals surface area contributed by atoms with Crippen molar-refractivity contribution in [2.75, 3.05) is 12.0 Å². The monoisotopic (exact) mass is 534 g/mol. The van der Waals surface area contributed by atoms with Crippen LogP contribution >= 0.6 is 22.6 Å². The molecule has 1 atom stereocenters. The fraction of sp³-hybridized carbons (Fsp3) is 0.261. The van der Waals surface area contributed by atoms with Gasteiger partial charge in [-0.05, 0) is 78.3 Å². The van der Waals surface area contributed by atoms with E-state index in [1.165, 1.54) is 13.2 Å². The summed E-state index contributed by atoms with van der Waals surface area (Å²) in [6.07, 6.45) is 2.29. The van der Waals surface area contributed by atoms with Crippen LogP contribution in [0.1, 0.15) is 31.4 Å². The maximum Gasteiger partial charge on any atom is 0.335 e. The number of ether oxygens (including phenoxy) is 2. The van der Waals surface area contributed by atoms with E-state index in [4.69, 9.17) is 9.47 Å². The molecule has 2 aromatic carbocycles. The van der Waals surface area contributed by atoms with Crippen molar-refractivity contribution in [1.82, 2.24) is 5.32 Å². The lowest BCUT2D eigenvalue weighted by Gasteiger charge is -2.27. The zero-order valence-corrected chi connectivity index (χ0v) is 19.8. The number of amides is 4. The average Bonchev–Trinajstić information content (AvgIpc) is 2.73. The van der Waals surface area contributed by atoms with Gasteiger partial charge in [0, 0.05) is 0 Å². The van der Waals surface area contributed by atoms with Crippen LogP contribution in [-0.4, -0.2) is 31.1 Å². The van der Waals surface area contributed by atoms with Gasteiger partial charge in [0.2, 0.25) is 0 Å². The minimum Gasteiger partial charge on any atom is -0.493 e. The summed E-state index contributed by atoms with van der Waals surface area (Å²) in [6, 6.07) is 9.71. The summed E-state index contributed by atoms with van der Waals surface area (Å²) < 4.78 is 12.2. The van der Waals surface area contributed by atoms with Crippen LogP contribution in [0, 0.1) is 10.5 Å². The molecule has 0 aliphatic carbocycles. The van der Waals surface area contributed by atoms with E-state index >= 15 is 0 Å². The van der Waals surface area contributed by atoms with Crippen molar-refractivity contribution in [3.63, 3.8) is 0 Å². The zero-order valence-electron chi connectivity index (χ0n) is 17.7. The van der Waals surface area contributed by atoms with Crippen molar-refractivity contribution in [1.29, 1.82) is 0 Å². The molecule has 0 saturated carbocycles. The third-order valence-corrected chi connectivity index (χ3v) is 5.72. The van der Waals surface area contributed by atoms with Gasteiger partial charge in [0.1, 0.15) is 5.57 Å². The Kier molecular flexibility index (Phi) is 6.99. The molecule has 1 aliphatic rings. The van der Waals surface area contributed by atoms with E-state index < -0.39 is 17.8 Å². The number of imide groups is 2. The van der Waals surface area contributed by atoms with Crippen LogP contribution in [-0.2, 0) is 9.59 Å². The van der Waals surface area contributed by atoms with Crippen molar-refractivity contribution in [3.8, 4) is 11.5 Å². The van der Waals surface area contributed by atoms with Gasteiger partial charge in [0.25, 0.3) is 11.8 Å². The van der Waals surface area contributed by atoms with Crippen LogP contribution in [0.4, 0.5) is 10.5 Å². The molecular weight excluding hydrogens is 511 g/mol. The lowest BCUT2D eigenvalue weighted by molar-refractivity contribution is -0.122.